The average Bonchev–Trinajstić information content (AvgIpc) is 3.35. The zero-order valence-electron chi connectivity index (χ0n) is 16.1. The minimum atomic E-state index is -0.964. The zero-order valence-corrected chi connectivity index (χ0v) is 16.9. The second kappa shape index (κ2) is 7.60. The molecule has 1 unspecified atom stereocenters. The van der Waals surface area contributed by atoms with E-state index in [4.69, 9.17) is 4.74 Å². The van der Waals surface area contributed by atoms with Gasteiger partial charge in [0.05, 0.1) is 18.7 Å². The molecule has 0 aliphatic carbocycles. The van der Waals surface area contributed by atoms with Gasteiger partial charge in [0.2, 0.25) is 5.13 Å². The number of ether oxygens (including phenoxy) is 1. The van der Waals surface area contributed by atoms with Gasteiger partial charge in [-0.3, -0.25) is 14.5 Å². The van der Waals surface area contributed by atoms with Crippen LogP contribution in [0.2, 0.25) is 0 Å². The van der Waals surface area contributed by atoms with Crippen molar-refractivity contribution in [3.8, 4) is 11.5 Å². The fraction of sp³-hybridized carbons (Fsp3) is 0.143. The summed E-state index contributed by atoms with van der Waals surface area (Å²) >= 11 is 1.09. The number of amides is 1. The highest BCUT2D eigenvalue weighted by molar-refractivity contribution is 7.13. The largest absolute Gasteiger partial charge is 0.507 e. The Morgan fingerprint density at radius 3 is 2.53 bits per heavy atom. The van der Waals surface area contributed by atoms with Crippen molar-refractivity contribution in [1.82, 2.24) is 10.2 Å². The molecule has 0 spiro atoms. The van der Waals surface area contributed by atoms with Gasteiger partial charge >= 0.3 is 5.91 Å². The number of aliphatic hydroxyl groups excluding tert-OH is 1. The van der Waals surface area contributed by atoms with E-state index in [9.17, 15) is 19.8 Å². The van der Waals surface area contributed by atoms with E-state index in [-0.39, 0.29) is 28.0 Å². The third kappa shape index (κ3) is 3.18. The predicted octanol–water partition coefficient (Wildman–Crippen LogP) is 3.19. The van der Waals surface area contributed by atoms with Crippen molar-refractivity contribution in [2.75, 3.05) is 12.0 Å². The molecular formula is C21H17N3O5S. The molecule has 1 aliphatic heterocycles. The van der Waals surface area contributed by atoms with E-state index in [0.717, 1.165) is 16.9 Å². The molecule has 2 N–H and O–H groups in total. The number of carbonyl (C=O) groups is 2. The van der Waals surface area contributed by atoms with Gasteiger partial charge in [0.15, 0.2) is 11.5 Å². The van der Waals surface area contributed by atoms with Crippen LogP contribution >= 0.6 is 11.3 Å². The van der Waals surface area contributed by atoms with Crippen molar-refractivity contribution < 1.29 is 24.5 Å². The molecule has 0 radical (unpaired) electrons. The summed E-state index contributed by atoms with van der Waals surface area (Å²) in [5, 5.41) is 28.9. The SMILES string of the molecule is COc1cc(C2C(=C(O)c3ccc(C)cc3)C(=O)C(=O)N2c2nncs2)ccc1O. The number of ketones is 1. The molecule has 0 saturated carbocycles. The van der Waals surface area contributed by atoms with E-state index < -0.39 is 17.7 Å². The summed E-state index contributed by atoms with van der Waals surface area (Å²) in [6.07, 6.45) is 0. The van der Waals surface area contributed by atoms with Crippen molar-refractivity contribution in [2.45, 2.75) is 13.0 Å². The summed E-state index contributed by atoms with van der Waals surface area (Å²) in [7, 11) is 1.40. The summed E-state index contributed by atoms with van der Waals surface area (Å²) in [5.74, 6) is -1.87. The van der Waals surface area contributed by atoms with Gasteiger partial charge in [-0.15, -0.1) is 10.2 Å². The molecule has 2 heterocycles. The lowest BCUT2D eigenvalue weighted by Gasteiger charge is -2.23. The van der Waals surface area contributed by atoms with Crippen LogP contribution in [0.3, 0.4) is 0 Å². The quantitative estimate of drug-likeness (QED) is 0.376. The zero-order chi connectivity index (χ0) is 21.4. The van der Waals surface area contributed by atoms with Crippen molar-refractivity contribution in [2.24, 2.45) is 0 Å². The van der Waals surface area contributed by atoms with Gasteiger partial charge in [0.1, 0.15) is 11.3 Å². The summed E-state index contributed by atoms with van der Waals surface area (Å²) in [6, 6.07) is 10.5. The Morgan fingerprint density at radius 2 is 1.90 bits per heavy atom. The molecule has 1 amide bonds. The first-order chi connectivity index (χ1) is 14.4. The molecule has 0 bridgehead atoms. The molecule has 3 aromatic rings. The van der Waals surface area contributed by atoms with Gasteiger partial charge in [0.25, 0.3) is 5.78 Å². The number of nitrogens with zero attached hydrogens (tertiary/aromatic N) is 3. The predicted molar refractivity (Wildman–Crippen MR) is 111 cm³/mol. The third-order valence-electron chi connectivity index (χ3n) is 4.84. The van der Waals surface area contributed by atoms with E-state index >= 15 is 0 Å². The molecule has 1 aliphatic rings. The number of aryl methyl sites for hydroxylation is 1. The lowest BCUT2D eigenvalue weighted by atomic mass is 9.95. The highest BCUT2D eigenvalue weighted by Gasteiger charge is 2.48. The van der Waals surface area contributed by atoms with Crippen LogP contribution in [0.5, 0.6) is 11.5 Å². The lowest BCUT2D eigenvalue weighted by Crippen LogP contribution is -2.29. The van der Waals surface area contributed by atoms with Crippen LogP contribution in [-0.4, -0.2) is 39.2 Å². The number of anilines is 1. The van der Waals surface area contributed by atoms with Crippen molar-refractivity contribution in [1.29, 1.82) is 0 Å². The number of aromatic nitrogens is 2. The van der Waals surface area contributed by atoms with Gasteiger partial charge in [-0.05, 0) is 24.6 Å². The van der Waals surface area contributed by atoms with Crippen LogP contribution < -0.4 is 9.64 Å². The Bertz CT molecular complexity index is 1160. The van der Waals surface area contributed by atoms with Gasteiger partial charge < -0.3 is 14.9 Å². The minimum absolute atomic E-state index is 0.0770. The van der Waals surface area contributed by atoms with Gasteiger partial charge in [-0.2, -0.15) is 0 Å². The van der Waals surface area contributed by atoms with Crippen LogP contribution in [-0.2, 0) is 9.59 Å². The highest BCUT2D eigenvalue weighted by Crippen LogP contribution is 2.44. The first-order valence-electron chi connectivity index (χ1n) is 8.93. The van der Waals surface area contributed by atoms with E-state index in [0.29, 0.717) is 11.1 Å². The number of hydrogen-bond acceptors (Lipinski definition) is 8. The molecular weight excluding hydrogens is 406 g/mol. The molecule has 1 saturated heterocycles. The van der Waals surface area contributed by atoms with Crippen LogP contribution in [0.4, 0.5) is 5.13 Å². The number of rotatable bonds is 4. The van der Waals surface area contributed by atoms with E-state index in [1.165, 1.54) is 29.7 Å². The second-order valence-corrected chi connectivity index (χ2v) is 7.50. The monoisotopic (exact) mass is 423 g/mol. The fourth-order valence-electron chi connectivity index (χ4n) is 3.35. The van der Waals surface area contributed by atoms with Gasteiger partial charge in [-0.25, -0.2) is 0 Å². The standard InChI is InChI=1S/C21H17N3O5S/c1-11-3-5-12(6-4-11)18(26)16-17(13-7-8-14(25)15(9-13)29-2)24(20(28)19(16)27)21-23-22-10-30-21/h3-10,17,25-26H,1-2H3. The number of aromatic hydroxyl groups is 1. The lowest BCUT2D eigenvalue weighted by molar-refractivity contribution is -0.132. The molecule has 1 fully saturated rings. The molecule has 9 heteroatoms. The first-order valence-corrected chi connectivity index (χ1v) is 9.81. The maximum absolute atomic E-state index is 13.0. The average molecular weight is 423 g/mol. The summed E-state index contributed by atoms with van der Waals surface area (Å²) < 4.78 is 5.18. The Hall–Kier alpha value is -3.72. The maximum atomic E-state index is 13.0. The van der Waals surface area contributed by atoms with Gasteiger partial charge in [0, 0.05) is 5.56 Å². The van der Waals surface area contributed by atoms with Crippen molar-refractivity contribution in [3.63, 3.8) is 0 Å². The molecule has 4 rings (SSSR count). The Balaban J connectivity index is 1.95. The molecule has 152 valence electrons. The second-order valence-electron chi connectivity index (χ2n) is 6.69. The molecule has 1 atom stereocenters. The van der Waals surface area contributed by atoms with Crippen LogP contribution in [0, 0.1) is 6.92 Å². The Kier molecular flexibility index (Phi) is 4.96. The number of phenolic OH excluding ortho intramolecular Hbond substituents is 1. The van der Waals surface area contributed by atoms with Crippen LogP contribution in [0.15, 0.2) is 53.5 Å². The maximum Gasteiger partial charge on any atom is 0.301 e. The summed E-state index contributed by atoms with van der Waals surface area (Å²) in [5.41, 5.74) is 3.23. The number of phenols is 1. The highest BCUT2D eigenvalue weighted by atomic mass is 32.1. The smallest absolute Gasteiger partial charge is 0.301 e. The molecule has 8 nitrogen and oxygen atoms in total. The number of methoxy groups -OCH3 is 1. The number of carbonyl (C=O) groups excluding carboxylic acids is 2. The summed E-state index contributed by atoms with van der Waals surface area (Å²) in [4.78, 5) is 27.1. The minimum Gasteiger partial charge on any atom is -0.507 e. The first kappa shape index (κ1) is 19.6. The number of aliphatic hydroxyl groups is 1. The molecule has 2 aromatic carbocycles. The Morgan fingerprint density at radius 1 is 1.17 bits per heavy atom. The molecule has 30 heavy (non-hydrogen) atoms. The number of benzene rings is 2. The fourth-order valence-corrected chi connectivity index (χ4v) is 3.93. The van der Waals surface area contributed by atoms with Gasteiger partial charge in [-0.1, -0.05) is 47.2 Å². The molecule has 1 aromatic heterocycles. The van der Waals surface area contributed by atoms with Crippen molar-refractivity contribution in [3.05, 3.63) is 70.2 Å². The van der Waals surface area contributed by atoms with E-state index in [2.05, 4.69) is 10.2 Å². The number of Topliss-reactive ketones (excluding diaryl/α,β-unsaturated/α-hetero) is 1. The Labute approximate surface area is 175 Å². The van der Waals surface area contributed by atoms with E-state index in [1.54, 1.807) is 30.3 Å². The third-order valence-corrected chi connectivity index (χ3v) is 5.53. The number of hydrogen-bond donors (Lipinski definition) is 2. The van der Waals surface area contributed by atoms with Crippen molar-refractivity contribution >= 4 is 33.9 Å². The van der Waals surface area contributed by atoms with Crippen LogP contribution in [0.25, 0.3) is 5.76 Å². The van der Waals surface area contributed by atoms with E-state index in [1.807, 2.05) is 6.92 Å². The van der Waals surface area contributed by atoms with Crippen LogP contribution in [0.1, 0.15) is 22.7 Å². The topological polar surface area (TPSA) is 113 Å². The summed E-state index contributed by atoms with van der Waals surface area (Å²) in [6.45, 7) is 1.90. The normalized spacial score (nSPS) is 18.1.